The summed E-state index contributed by atoms with van der Waals surface area (Å²) in [6.07, 6.45) is 1.01. The molecule has 2 N–H and O–H groups in total. The van der Waals surface area contributed by atoms with Gasteiger partial charge in [0.25, 0.3) is 0 Å². The second kappa shape index (κ2) is 7.35. The number of hydrogen-bond acceptors (Lipinski definition) is 5. The van der Waals surface area contributed by atoms with Crippen LogP contribution in [0.5, 0.6) is 5.88 Å². The van der Waals surface area contributed by atoms with Gasteiger partial charge in [-0.3, -0.25) is 0 Å². The molecule has 0 unspecified atom stereocenters. The molecule has 90 valence electrons. The van der Waals surface area contributed by atoms with E-state index in [4.69, 9.17) is 15.2 Å². The Balaban J connectivity index is 2.50. The van der Waals surface area contributed by atoms with E-state index in [0.29, 0.717) is 18.2 Å². The predicted molar refractivity (Wildman–Crippen MR) is 67.0 cm³/mol. The topological polar surface area (TPSA) is 57.4 Å². The first-order valence-corrected chi connectivity index (χ1v) is 6.27. The lowest BCUT2D eigenvalue weighted by atomic mass is 10.4. The van der Waals surface area contributed by atoms with Gasteiger partial charge in [-0.15, -0.1) is 11.8 Å². The smallest absolute Gasteiger partial charge is 0.238 e. The molecule has 0 saturated carbocycles. The highest BCUT2D eigenvalue weighted by Crippen LogP contribution is 2.24. The van der Waals surface area contributed by atoms with E-state index in [9.17, 15) is 0 Å². The zero-order valence-electron chi connectivity index (χ0n) is 9.73. The van der Waals surface area contributed by atoms with Gasteiger partial charge in [-0.2, -0.15) is 0 Å². The molecule has 0 aromatic carbocycles. The Kier molecular flexibility index (Phi) is 6.03. The summed E-state index contributed by atoms with van der Waals surface area (Å²) >= 11 is 1.68. The lowest BCUT2D eigenvalue weighted by Gasteiger charge is -2.07. The summed E-state index contributed by atoms with van der Waals surface area (Å²) in [6.45, 7) is 3.27. The van der Waals surface area contributed by atoms with Gasteiger partial charge in [0.15, 0.2) is 0 Å². The molecule has 1 rings (SSSR count). The molecule has 0 bridgehead atoms. The lowest BCUT2D eigenvalue weighted by molar-refractivity contribution is 0.200. The Morgan fingerprint density at radius 2 is 2.25 bits per heavy atom. The van der Waals surface area contributed by atoms with E-state index >= 15 is 0 Å². The molecule has 0 radical (unpaired) electrons. The van der Waals surface area contributed by atoms with Crippen molar-refractivity contribution < 1.29 is 9.47 Å². The highest BCUT2D eigenvalue weighted by molar-refractivity contribution is 7.99. The van der Waals surface area contributed by atoms with Crippen LogP contribution in [-0.2, 0) is 4.74 Å². The Hall–Kier alpha value is -0.940. The van der Waals surface area contributed by atoms with Crippen LogP contribution >= 0.6 is 11.8 Å². The molecule has 1 aromatic heterocycles. The highest BCUT2D eigenvalue weighted by atomic mass is 32.2. The van der Waals surface area contributed by atoms with Crippen molar-refractivity contribution in [2.45, 2.75) is 18.4 Å². The quantitative estimate of drug-likeness (QED) is 0.586. The Bertz CT molecular complexity index is 321. The predicted octanol–water partition coefficient (Wildman–Crippen LogP) is 2.19. The molecule has 0 atom stereocenters. The normalized spacial score (nSPS) is 10.4. The third kappa shape index (κ3) is 4.28. The third-order valence-corrected chi connectivity index (χ3v) is 2.90. The molecule has 16 heavy (non-hydrogen) atoms. The van der Waals surface area contributed by atoms with Gasteiger partial charge >= 0.3 is 0 Å². The molecular weight excluding hydrogens is 224 g/mol. The van der Waals surface area contributed by atoms with Crippen LogP contribution in [0.4, 0.5) is 5.69 Å². The zero-order valence-corrected chi connectivity index (χ0v) is 10.5. The van der Waals surface area contributed by atoms with Crippen LogP contribution in [0.2, 0.25) is 0 Å². The van der Waals surface area contributed by atoms with Gasteiger partial charge < -0.3 is 15.2 Å². The van der Waals surface area contributed by atoms with Gasteiger partial charge in [0.2, 0.25) is 5.88 Å². The number of aromatic nitrogens is 1. The number of nitrogen functional groups attached to an aromatic ring is 1. The molecule has 1 heterocycles. The van der Waals surface area contributed by atoms with Crippen LogP contribution in [0, 0.1) is 0 Å². The number of rotatable bonds is 7. The maximum absolute atomic E-state index is 5.74. The molecule has 0 saturated heterocycles. The van der Waals surface area contributed by atoms with Crippen LogP contribution in [0.3, 0.4) is 0 Å². The first kappa shape index (κ1) is 13.1. The first-order valence-electron chi connectivity index (χ1n) is 5.29. The largest absolute Gasteiger partial charge is 0.476 e. The van der Waals surface area contributed by atoms with Gasteiger partial charge in [0.1, 0.15) is 5.03 Å². The molecule has 4 nitrogen and oxygen atoms in total. The van der Waals surface area contributed by atoms with Crippen LogP contribution in [0.15, 0.2) is 17.2 Å². The van der Waals surface area contributed by atoms with E-state index in [1.54, 1.807) is 18.9 Å². The second-order valence-corrected chi connectivity index (χ2v) is 4.29. The molecular formula is C11H18N2O2S. The molecule has 0 fully saturated rings. The summed E-state index contributed by atoms with van der Waals surface area (Å²) in [5, 5.41) is 0.939. The van der Waals surface area contributed by atoms with E-state index in [1.807, 2.05) is 19.1 Å². The minimum atomic E-state index is 0.527. The molecule has 1 aromatic rings. The Morgan fingerprint density at radius 3 is 2.94 bits per heavy atom. The third-order valence-electron chi connectivity index (χ3n) is 1.89. The minimum absolute atomic E-state index is 0.527. The van der Waals surface area contributed by atoms with E-state index in [1.165, 1.54) is 0 Å². The van der Waals surface area contributed by atoms with E-state index < -0.39 is 0 Å². The fourth-order valence-corrected chi connectivity index (χ4v) is 1.93. The molecule has 0 aliphatic rings. The lowest BCUT2D eigenvalue weighted by Crippen LogP contribution is -2.00. The molecule has 0 amide bonds. The van der Waals surface area contributed by atoms with Crippen LogP contribution in [0.25, 0.3) is 0 Å². The summed E-state index contributed by atoms with van der Waals surface area (Å²) in [6, 6.07) is 3.74. The SMILES string of the molecule is CCOc1nc(SCCCOC)ccc1N. The number of nitrogens with zero attached hydrogens (tertiary/aromatic N) is 1. The Morgan fingerprint density at radius 1 is 1.44 bits per heavy atom. The van der Waals surface area contributed by atoms with Crippen molar-refractivity contribution in [3.05, 3.63) is 12.1 Å². The van der Waals surface area contributed by atoms with Gasteiger partial charge in [0, 0.05) is 19.5 Å². The van der Waals surface area contributed by atoms with Gasteiger partial charge in [0.05, 0.1) is 12.3 Å². The number of hydrogen-bond donors (Lipinski definition) is 1. The number of methoxy groups -OCH3 is 1. The second-order valence-electron chi connectivity index (χ2n) is 3.17. The van der Waals surface area contributed by atoms with Gasteiger partial charge in [-0.25, -0.2) is 4.98 Å². The van der Waals surface area contributed by atoms with E-state index in [0.717, 1.165) is 23.8 Å². The highest BCUT2D eigenvalue weighted by Gasteiger charge is 2.03. The van der Waals surface area contributed by atoms with Crippen molar-refractivity contribution in [1.82, 2.24) is 4.98 Å². The van der Waals surface area contributed by atoms with Crippen LogP contribution in [0.1, 0.15) is 13.3 Å². The van der Waals surface area contributed by atoms with Crippen molar-refractivity contribution in [3.8, 4) is 5.88 Å². The number of pyridine rings is 1. The van der Waals surface area contributed by atoms with Gasteiger partial charge in [-0.05, 0) is 25.5 Å². The van der Waals surface area contributed by atoms with Gasteiger partial charge in [-0.1, -0.05) is 0 Å². The van der Waals surface area contributed by atoms with Crippen LogP contribution in [-0.4, -0.2) is 31.1 Å². The van der Waals surface area contributed by atoms with Crippen molar-refractivity contribution in [3.63, 3.8) is 0 Å². The van der Waals surface area contributed by atoms with E-state index in [-0.39, 0.29) is 0 Å². The summed E-state index contributed by atoms with van der Waals surface area (Å²) in [4.78, 5) is 4.33. The summed E-state index contributed by atoms with van der Waals surface area (Å²) < 4.78 is 10.3. The first-order chi connectivity index (χ1) is 7.77. The molecule has 0 spiro atoms. The van der Waals surface area contributed by atoms with E-state index in [2.05, 4.69) is 4.98 Å². The fourth-order valence-electron chi connectivity index (χ4n) is 1.15. The van der Waals surface area contributed by atoms with Crippen molar-refractivity contribution in [2.24, 2.45) is 0 Å². The standard InChI is InChI=1S/C11H18N2O2S/c1-3-15-11-9(12)5-6-10(13-11)16-8-4-7-14-2/h5-6H,3-4,7-8,12H2,1-2H3. The zero-order chi connectivity index (χ0) is 11.8. The van der Waals surface area contributed by atoms with Crippen LogP contribution < -0.4 is 10.5 Å². The maximum Gasteiger partial charge on any atom is 0.238 e. The molecule has 0 aliphatic heterocycles. The summed E-state index contributed by atoms with van der Waals surface area (Å²) in [7, 11) is 1.71. The van der Waals surface area contributed by atoms with Crippen molar-refractivity contribution in [1.29, 1.82) is 0 Å². The monoisotopic (exact) mass is 242 g/mol. The average Bonchev–Trinajstić information content (AvgIpc) is 2.29. The fraction of sp³-hybridized carbons (Fsp3) is 0.545. The minimum Gasteiger partial charge on any atom is -0.476 e. The maximum atomic E-state index is 5.74. The number of thioether (sulfide) groups is 1. The number of nitrogens with two attached hydrogens (primary N) is 1. The number of anilines is 1. The van der Waals surface area contributed by atoms with Crippen molar-refractivity contribution >= 4 is 17.4 Å². The average molecular weight is 242 g/mol. The Labute approximate surface area is 101 Å². The number of ether oxygens (including phenoxy) is 2. The molecule has 0 aliphatic carbocycles. The summed E-state index contributed by atoms with van der Waals surface area (Å²) in [5.74, 6) is 1.51. The molecule has 5 heteroatoms. The van der Waals surface area contributed by atoms with Crippen molar-refractivity contribution in [2.75, 3.05) is 31.8 Å². The summed E-state index contributed by atoms with van der Waals surface area (Å²) in [5.41, 5.74) is 6.32.